The van der Waals surface area contributed by atoms with Crippen LogP contribution in [0.4, 0.5) is 0 Å². The lowest BCUT2D eigenvalue weighted by Crippen LogP contribution is -2.46. The average Bonchev–Trinajstić information content (AvgIpc) is 2.42. The Morgan fingerprint density at radius 3 is 2.44 bits per heavy atom. The van der Waals surface area contributed by atoms with Gasteiger partial charge >= 0.3 is 0 Å². The minimum atomic E-state index is 0.630. The van der Waals surface area contributed by atoms with Gasteiger partial charge in [-0.25, -0.2) is 0 Å². The number of nitrogens with zero attached hydrogens (tertiary/aromatic N) is 1. The molecule has 1 N–H and O–H groups in total. The van der Waals surface area contributed by atoms with Crippen molar-refractivity contribution in [3.8, 4) is 0 Å². The van der Waals surface area contributed by atoms with E-state index in [1.54, 1.807) is 0 Å². The molecule has 2 nitrogen and oxygen atoms in total. The van der Waals surface area contributed by atoms with E-state index in [0.29, 0.717) is 5.41 Å². The van der Waals surface area contributed by atoms with Gasteiger partial charge in [0.25, 0.3) is 0 Å². The van der Waals surface area contributed by atoms with Gasteiger partial charge in [0.1, 0.15) is 0 Å². The van der Waals surface area contributed by atoms with Gasteiger partial charge in [-0.15, -0.1) is 0 Å². The molecule has 1 saturated carbocycles. The number of likely N-dealkylation sites (tertiary alicyclic amines) is 1. The van der Waals surface area contributed by atoms with Gasteiger partial charge in [0.15, 0.2) is 0 Å². The summed E-state index contributed by atoms with van der Waals surface area (Å²) in [6, 6.07) is 0.776. The van der Waals surface area contributed by atoms with Crippen LogP contribution in [0.3, 0.4) is 0 Å². The van der Waals surface area contributed by atoms with E-state index in [4.69, 9.17) is 0 Å². The van der Waals surface area contributed by atoms with Gasteiger partial charge in [0.05, 0.1) is 0 Å². The summed E-state index contributed by atoms with van der Waals surface area (Å²) in [5, 5.41) is 3.54. The van der Waals surface area contributed by atoms with E-state index in [2.05, 4.69) is 31.1 Å². The third-order valence-electron chi connectivity index (χ3n) is 5.69. The summed E-state index contributed by atoms with van der Waals surface area (Å²) in [6.07, 6.45) is 9.86. The monoisotopic (exact) mass is 252 g/mol. The van der Waals surface area contributed by atoms with Crippen LogP contribution in [-0.2, 0) is 0 Å². The highest BCUT2D eigenvalue weighted by Crippen LogP contribution is 2.35. The Hall–Kier alpha value is -0.0800. The smallest absolute Gasteiger partial charge is 0.0104 e. The fourth-order valence-corrected chi connectivity index (χ4v) is 3.77. The zero-order valence-electron chi connectivity index (χ0n) is 12.7. The lowest BCUT2D eigenvalue weighted by Gasteiger charge is -2.42. The number of nitrogens with one attached hydrogen (secondary N) is 1. The molecule has 0 radical (unpaired) electrons. The molecule has 1 saturated heterocycles. The largest absolute Gasteiger partial charge is 0.317 e. The Labute approximate surface area is 114 Å². The summed E-state index contributed by atoms with van der Waals surface area (Å²) >= 11 is 0. The summed E-state index contributed by atoms with van der Waals surface area (Å²) in [5.41, 5.74) is 0.630. The maximum atomic E-state index is 3.54. The van der Waals surface area contributed by atoms with Crippen LogP contribution in [0, 0.1) is 11.3 Å². The molecule has 0 aromatic rings. The van der Waals surface area contributed by atoms with E-state index in [1.165, 1.54) is 64.6 Å². The Balaban J connectivity index is 1.80. The van der Waals surface area contributed by atoms with Gasteiger partial charge in [-0.1, -0.05) is 33.1 Å². The predicted molar refractivity (Wildman–Crippen MR) is 78.9 cm³/mol. The molecule has 2 unspecified atom stereocenters. The fraction of sp³-hybridized carbons (Fsp3) is 1.00. The molecule has 0 amide bonds. The van der Waals surface area contributed by atoms with Gasteiger partial charge < -0.3 is 10.2 Å². The molecule has 18 heavy (non-hydrogen) atoms. The number of piperidine rings is 1. The lowest BCUT2D eigenvalue weighted by atomic mass is 9.77. The molecule has 1 aliphatic carbocycles. The Morgan fingerprint density at radius 2 is 1.83 bits per heavy atom. The van der Waals surface area contributed by atoms with Crippen LogP contribution in [0.5, 0.6) is 0 Å². The van der Waals surface area contributed by atoms with Crippen LogP contribution in [-0.4, -0.2) is 37.6 Å². The molecule has 0 bridgehead atoms. The van der Waals surface area contributed by atoms with E-state index < -0.39 is 0 Å². The van der Waals surface area contributed by atoms with Crippen LogP contribution >= 0.6 is 0 Å². The molecule has 0 aromatic carbocycles. The summed E-state index contributed by atoms with van der Waals surface area (Å²) in [7, 11) is 2.15. The third kappa shape index (κ3) is 3.48. The first-order chi connectivity index (χ1) is 8.67. The molecular formula is C16H32N2. The highest BCUT2D eigenvalue weighted by molar-refractivity contribution is 4.86. The lowest BCUT2D eigenvalue weighted by molar-refractivity contribution is 0.0868. The number of hydrogen-bond donors (Lipinski definition) is 1. The van der Waals surface area contributed by atoms with E-state index in [1.807, 2.05) is 0 Å². The number of rotatable bonds is 4. The van der Waals surface area contributed by atoms with Crippen molar-refractivity contribution in [2.24, 2.45) is 11.3 Å². The zero-order chi connectivity index (χ0) is 13.0. The molecule has 106 valence electrons. The molecular weight excluding hydrogens is 220 g/mol. The molecule has 0 aromatic heterocycles. The van der Waals surface area contributed by atoms with Crippen LogP contribution in [0.2, 0.25) is 0 Å². The van der Waals surface area contributed by atoms with E-state index in [-0.39, 0.29) is 0 Å². The first-order valence-electron chi connectivity index (χ1n) is 8.06. The maximum absolute atomic E-state index is 3.54. The molecule has 2 fully saturated rings. The normalized spacial score (nSPS) is 33.5. The second kappa shape index (κ2) is 6.38. The highest BCUT2D eigenvalue weighted by atomic mass is 15.1. The summed E-state index contributed by atoms with van der Waals surface area (Å²) < 4.78 is 0. The van der Waals surface area contributed by atoms with Gasteiger partial charge in [0.2, 0.25) is 0 Å². The minimum absolute atomic E-state index is 0.630. The molecule has 1 heterocycles. The van der Waals surface area contributed by atoms with Crippen molar-refractivity contribution in [2.45, 2.75) is 64.8 Å². The Kier molecular flexibility index (Phi) is 5.08. The topological polar surface area (TPSA) is 15.3 Å². The zero-order valence-corrected chi connectivity index (χ0v) is 12.7. The van der Waals surface area contributed by atoms with Crippen LogP contribution in [0.15, 0.2) is 0 Å². The van der Waals surface area contributed by atoms with Crippen molar-refractivity contribution in [3.05, 3.63) is 0 Å². The first kappa shape index (κ1) is 14.3. The van der Waals surface area contributed by atoms with Crippen LogP contribution < -0.4 is 5.32 Å². The second-order valence-electron chi connectivity index (χ2n) is 6.90. The quantitative estimate of drug-likeness (QED) is 0.826. The third-order valence-corrected chi connectivity index (χ3v) is 5.69. The van der Waals surface area contributed by atoms with Gasteiger partial charge in [0, 0.05) is 12.6 Å². The highest BCUT2D eigenvalue weighted by Gasteiger charge is 2.31. The average molecular weight is 252 g/mol. The Bertz CT molecular complexity index is 243. The van der Waals surface area contributed by atoms with Crippen LogP contribution in [0.25, 0.3) is 0 Å². The molecule has 1 aliphatic heterocycles. The molecule has 0 spiro atoms. The van der Waals surface area contributed by atoms with Gasteiger partial charge in [-0.3, -0.25) is 0 Å². The van der Waals surface area contributed by atoms with Crippen molar-refractivity contribution < 1.29 is 0 Å². The molecule has 2 aliphatic rings. The van der Waals surface area contributed by atoms with Gasteiger partial charge in [-0.05, 0) is 57.2 Å². The van der Waals surface area contributed by atoms with Crippen molar-refractivity contribution >= 4 is 0 Å². The van der Waals surface area contributed by atoms with Crippen molar-refractivity contribution in [1.82, 2.24) is 10.2 Å². The van der Waals surface area contributed by atoms with Crippen molar-refractivity contribution in [1.29, 1.82) is 0 Å². The summed E-state index contributed by atoms with van der Waals surface area (Å²) in [4.78, 5) is 2.73. The van der Waals surface area contributed by atoms with Crippen molar-refractivity contribution in [2.75, 3.05) is 26.7 Å². The Morgan fingerprint density at radius 1 is 1.17 bits per heavy atom. The number of hydrogen-bond acceptors (Lipinski definition) is 2. The summed E-state index contributed by atoms with van der Waals surface area (Å²) in [6.45, 7) is 8.83. The standard InChI is InChI=1S/C16H32N2/c1-4-16(2)9-11-18(12-10-16)13-14-7-5-6-8-15(14)17-3/h14-15,17H,4-13H2,1-3H3. The molecule has 2 heteroatoms. The first-order valence-corrected chi connectivity index (χ1v) is 8.06. The summed E-state index contributed by atoms with van der Waals surface area (Å²) in [5.74, 6) is 0.898. The van der Waals surface area contributed by atoms with E-state index in [0.717, 1.165) is 12.0 Å². The second-order valence-corrected chi connectivity index (χ2v) is 6.90. The SMILES string of the molecule is CCC1(C)CCN(CC2CCCCC2NC)CC1. The maximum Gasteiger partial charge on any atom is 0.0104 e. The predicted octanol–water partition coefficient (Wildman–Crippen LogP) is 3.28. The van der Waals surface area contributed by atoms with E-state index >= 15 is 0 Å². The van der Waals surface area contributed by atoms with Crippen LogP contribution in [0.1, 0.15) is 58.8 Å². The molecule has 2 rings (SSSR count). The molecule has 2 atom stereocenters. The van der Waals surface area contributed by atoms with E-state index in [9.17, 15) is 0 Å². The van der Waals surface area contributed by atoms with Crippen molar-refractivity contribution in [3.63, 3.8) is 0 Å². The fourth-order valence-electron chi connectivity index (χ4n) is 3.77. The minimum Gasteiger partial charge on any atom is -0.317 e. The van der Waals surface area contributed by atoms with Gasteiger partial charge in [-0.2, -0.15) is 0 Å².